The molecule has 0 radical (unpaired) electrons. The number of aliphatic carboxylic acids is 1. The average molecular weight is 521 g/mol. The lowest BCUT2D eigenvalue weighted by molar-refractivity contribution is -0.137. The zero-order chi connectivity index (χ0) is 26.3. The number of hydrogen-bond donors (Lipinski definition) is 1. The fourth-order valence-corrected chi connectivity index (χ4v) is 6.41. The van der Waals surface area contributed by atoms with Crippen molar-refractivity contribution in [3.05, 3.63) is 88.7 Å². The van der Waals surface area contributed by atoms with Gasteiger partial charge in [-0.05, 0) is 61.2 Å². The van der Waals surface area contributed by atoms with Crippen molar-refractivity contribution in [2.45, 2.75) is 50.7 Å². The largest absolute Gasteiger partial charge is 0.488 e. The van der Waals surface area contributed by atoms with Gasteiger partial charge in [-0.2, -0.15) is 4.31 Å². The lowest BCUT2D eigenvalue weighted by Gasteiger charge is -2.24. The molecule has 0 spiro atoms. The zero-order valence-electron chi connectivity index (χ0n) is 20.8. The molecule has 37 heavy (non-hydrogen) atoms. The number of pyridine rings is 1. The Morgan fingerprint density at radius 1 is 1.14 bits per heavy atom. The van der Waals surface area contributed by atoms with Crippen LogP contribution in [-0.2, 0) is 21.4 Å². The van der Waals surface area contributed by atoms with E-state index in [0.29, 0.717) is 5.75 Å². The van der Waals surface area contributed by atoms with Crippen LogP contribution >= 0.6 is 0 Å². The number of benzene rings is 2. The molecule has 4 aromatic rings. The standard InChI is InChI=1S/C27H28N4O5S/c1-17-8-9-20(23(13-27(32)33)21-10-11-24-19(3)28-29-31(24)16-21)12-22(17)15-30-14-18(2)36-25-6-4-5-7-26(25)37(30,34)35/h4-12,16,18,23H,13-15H2,1-3H3,(H,32,33)/t18-,23?/m1/s1. The normalized spacial score (nSPS) is 18.1. The first-order chi connectivity index (χ1) is 17.6. The van der Waals surface area contributed by atoms with Crippen molar-refractivity contribution < 1.29 is 23.1 Å². The van der Waals surface area contributed by atoms with Gasteiger partial charge in [-0.1, -0.05) is 41.6 Å². The van der Waals surface area contributed by atoms with E-state index >= 15 is 0 Å². The van der Waals surface area contributed by atoms with Gasteiger partial charge in [0.15, 0.2) is 0 Å². The maximum absolute atomic E-state index is 13.6. The highest BCUT2D eigenvalue weighted by Crippen LogP contribution is 2.34. The number of ether oxygens (including phenoxy) is 1. The summed E-state index contributed by atoms with van der Waals surface area (Å²) in [4.78, 5) is 12.0. The van der Waals surface area contributed by atoms with E-state index in [4.69, 9.17) is 4.74 Å². The number of fused-ring (bicyclic) bond motifs is 2. The van der Waals surface area contributed by atoms with Crippen molar-refractivity contribution in [2.75, 3.05) is 6.54 Å². The van der Waals surface area contributed by atoms with E-state index in [2.05, 4.69) is 10.3 Å². The molecule has 192 valence electrons. The number of rotatable bonds is 6. The number of sulfonamides is 1. The van der Waals surface area contributed by atoms with E-state index in [1.807, 2.05) is 51.1 Å². The van der Waals surface area contributed by atoms with Gasteiger partial charge < -0.3 is 9.84 Å². The average Bonchev–Trinajstić information content (AvgIpc) is 3.19. The number of nitrogens with zero attached hydrogens (tertiary/aromatic N) is 4. The van der Waals surface area contributed by atoms with Crippen molar-refractivity contribution in [3.8, 4) is 5.75 Å². The van der Waals surface area contributed by atoms with Gasteiger partial charge in [-0.25, -0.2) is 12.9 Å². The van der Waals surface area contributed by atoms with Crippen molar-refractivity contribution in [1.82, 2.24) is 19.1 Å². The fraction of sp³-hybridized carbons (Fsp3) is 0.296. The van der Waals surface area contributed by atoms with Gasteiger partial charge in [-0.15, -0.1) is 5.10 Å². The third-order valence-electron chi connectivity index (χ3n) is 6.77. The summed E-state index contributed by atoms with van der Waals surface area (Å²) in [6.45, 7) is 5.98. The molecule has 2 aromatic heterocycles. The van der Waals surface area contributed by atoms with E-state index in [1.54, 1.807) is 35.0 Å². The van der Waals surface area contributed by atoms with Gasteiger partial charge in [0.1, 0.15) is 16.7 Å². The van der Waals surface area contributed by atoms with Crippen molar-refractivity contribution in [1.29, 1.82) is 0 Å². The summed E-state index contributed by atoms with van der Waals surface area (Å²) in [7, 11) is -3.80. The number of para-hydroxylation sites is 1. The van der Waals surface area contributed by atoms with Gasteiger partial charge >= 0.3 is 5.97 Å². The molecule has 0 fully saturated rings. The van der Waals surface area contributed by atoms with Crippen LogP contribution in [0, 0.1) is 13.8 Å². The quantitative estimate of drug-likeness (QED) is 0.410. The molecule has 1 N–H and O–H groups in total. The molecule has 1 unspecified atom stereocenters. The van der Waals surface area contributed by atoms with Crippen LogP contribution in [0.2, 0.25) is 0 Å². The van der Waals surface area contributed by atoms with Crippen LogP contribution in [0.1, 0.15) is 47.2 Å². The number of aryl methyl sites for hydroxylation is 2. The minimum absolute atomic E-state index is 0.123. The molecule has 3 heterocycles. The Morgan fingerprint density at radius 2 is 1.89 bits per heavy atom. The van der Waals surface area contributed by atoms with Gasteiger partial charge in [0.25, 0.3) is 0 Å². The summed E-state index contributed by atoms with van der Waals surface area (Å²) in [6, 6.07) is 16.2. The molecule has 1 aliphatic heterocycles. The summed E-state index contributed by atoms with van der Waals surface area (Å²) in [6.07, 6.45) is 1.35. The number of carboxylic acid groups (broad SMARTS) is 1. The highest BCUT2D eigenvalue weighted by Gasteiger charge is 2.33. The summed E-state index contributed by atoms with van der Waals surface area (Å²) in [5.74, 6) is -1.03. The molecular weight excluding hydrogens is 492 g/mol. The van der Waals surface area contributed by atoms with E-state index in [1.165, 1.54) is 4.31 Å². The maximum atomic E-state index is 13.6. The third kappa shape index (κ3) is 4.82. The Labute approximate surface area is 215 Å². The van der Waals surface area contributed by atoms with E-state index in [0.717, 1.165) is 33.5 Å². The summed E-state index contributed by atoms with van der Waals surface area (Å²) in [5, 5.41) is 17.9. The molecule has 5 rings (SSSR count). The zero-order valence-corrected chi connectivity index (χ0v) is 21.6. The molecule has 0 aliphatic carbocycles. The van der Waals surface area contributed by atoms with Gasteiger partial charge in [0.05, 0.1) is 24.2 Å². The van der Waals surface area contributed by atoms with Crippen LogP contribution < -0.4 is 4.74 Å². The lowest BCUT2D eigenvalue weighted by Crippen LogP contribution is -2.35. The molecule has 0 saturated heterocycles. The summed E-state index contributed by atoms with van der Waals surface area (Å²) >= 11 is 0. The maximum Gasteiger partial charge on any atom is 0.304 e. The topological polar surface area (TPSA) is 114 Å². The predicted molar refractivity (Wildman–Crippen MR) is 137 cm³/mol. The number of hydrogen-bond acceptors (Lipinski definition) is 6. The minimum atomic E-state index is -3.80. The molecule has 2 aromatic carbocycles. The van der Waals surface area contributed by atoms with Crippen molar-refractivity contribution >= 4 is 21.5 Å². The lowest BCUT2D eigenvalue weighted by atomic mass is 9.87. The second-order valence-electron chi connectivity index (χ2n) is 9.48. The number of carbonyl (C=O) groups is 1. The van der Waals surface area contributed by atoms with Crippen LogP contribution in [0.25, 0.3) is 5.52 Å². The van der Waals surface area contributed by atoms with Crippen LogP contribution in [0.4, 0.5) is 0 Å². The Morgan fingerprint density at radius 3 is 2.68 bits per heavy atom. The number of carboxylic acids is 1. The first kappa shape index (κ1) is 24.9. The van der Waals surface area contributed by atoms with E-state index in [-0.39, 0.29) is 30.5 Å². The summed E-state index contributed by atoms with van der Waals surface area (Å²) < 4.78 is 36.1. The monoisotopic (exact) mass is 520 g/mol. The van der Waals surface area contributed by atoms with Crippen LogP contribution in [-0.4, -0.2) is 51.3 Å². The molecule has 0 amide bonds. The minimum Gasteiger partial charge on any atom is -0.488 e. The molecule has 9 nitrogen and oxygen atoms in total. The Bertz CT molecular complexity index is 1600. The van der Waals surface area contributed by atoms with Crippen LogP contribution in [0.5, 0.6) is 5.75 Å². The second-order valence-corrected chi connectivity index (χ2v) is 11.4. The Kier molecular flexibility index (Phi) is 6.47. The first-order valence-electron chi connectivity index (χ1n) is 12.0. The van der Waals surface area contributed by atoms with Crippen molar-refractivity contribution in [3.63, 3.8) is 0 Å². The summed E-state index contributed by atoms with van der Waals surface area (Å²) in [5.41, 5.74) is 4.94. The first-order valence-corrected chi connectivity index (χ1v) is 13.5. The third-order valence-corrected chi connectivity index (χ3v) is 8.62. The highest BCUT2D eigenvalue weighted by atomic mass is 32.2. The molecule has 10 heteroatoms. The van der Waals surface area contributed by atoms with E-state index < -0.39 is 21.9 Å². The highest BCUT2D eigenvalue weighted by molar-refractivity contribution is 7.89. The van der Waals surface area contributed by atoms with Crippen LogP contribution in [0.15, 0.2) is 65.7 Å². The van der Waals surface area contributed by atoms with Gasteiger partial charge in [0, 0.05) is 18.7 Å². The van der Waals surface area contributed by atoms with Crippen molar-refractivity contribution in [2.24, 2.45) is 0 Å². The molecular formula is C27H28N4O5S. The molecule has 2 atom stereocenters. The predicted octanol–water partition coefficient (Wildman–Crippen LogP) is 3.92. The SMILES string of the molecule is Cc1ccc(C(CC(=O)O)c2ccc3c(C)nnn3c2)cc1CN1C[C@@H](C)Oc2ccccc2S1(=O)=O. The molecule has 1 aliphatic rings. The smallest absolute Gasteiger partial charge is 0.304 e. The Hall–Kier alpha value is -3.76. The van der Waals surface area contributed by atoms with Gasteiger partial charge in [0.2, 0.25) is 10.0 Å². The fourth-order valence-electron chi connectivity index (χ4n) is 4.80. The van der Waals surface area contributed by atoms with E-state index in [9.17, 15) is 18.3 Å². The van der Waals surface area contributed by atoms with Gasteiger partial charge in [-0.3, -0.25) is 4.79 Å². The molecule has 0 saturated carbocycles. The molecule has 0 bridgehead atoms. The second kappa shape index (κ2) is 9.60. The number of aromatic nitrogens is 3. The van der Waals surface area contributed by atoms with Crippen LogP contribution in [0.3, 0.4) is 0 Å². The Balaban J connectivity index is 1.53.